The number of benzene rings is 2. The first-order valence-corrected chi connectivity index (χ1v) is 8.71. The van der Waals surface area contributed by atoms with Gasteiger partial charge in [-0.2, -0.15) is 0 Å². The average molecular weight is 352 g/mol. The Morgan fingerprint density at radius 1 is 0.962 bits per heavy atom. The van der Waals surface area contributed by atoms with Crippen LogP contribution in [0.1, 0.15) is 21.5 Å². The van der Waals surface area contributed by atoms with E-state index in [4.69, 9.17) is 4.74 Å². The van der Waals surface area contributed by atoms with Crippen LogP contribution in [0.15, 0.2) is 67.3 Å². The summed E-state index contributed by atoms with van der Waals surface area (Å²) in [4.78, 5) is 23.5. The average Bonchev–Trinajstić information content (AvgIpc) is 2.66. The molecule has 0 saturated carbocycles. The number of esters is 1. The third kappa shape index (κ3) is 5.97. The third-order valence-electron chi connectivity index (χ3n) is 4.37. The van der Waals surface area contributed by atoms with Crippen LogP contribution in [0.3, 0.4) is 0 Å². The molecule has 2 aromatic carbocycles. The lowest BCUT2D eigenvalue weighted by atomic mass is 10.0. The second-order valence-electron chi connectivity index (χ2n) is 6.90. The van der Waals surface area contributed by atoms with Crippen molar-refractivity contribution in [1.29, 1.82) is 0 Å². The predicted octanol–water partition coefficient (Wildman–Crippen LogP) is 3.27. The van der Waals surface area contributed by atoms with Crippen molar-refractivity contribution in [2.75, 3.05) is 33.8 Å². The van der Waals surface area contributed by atoms with Crippen LogP contribution in [0.5, 0.6) is 0 Å². The molecule has 0 aliphatic heterocycles. The molecule has 0 spiro atoms. The third-order valence-corrected chi connectivity index (χ3v) is 4.37. The number of carbonyl (C=O) groups excluding carboxylic acids is 2. The van der Waals surface area contributed by atoms with E-state index >= 15 is 0 Å². The first kappa shape index (κ1) is 19.6. The molecule has 0 aromatic heterocycles. The van der Waals surface area contributed by atoms with E-state index in [1.54, 1.807) is 0 Å². The molecule has 0 N–H and O–H groups in total. The lowest BCUT2D eigenvalue weighted by molar-refractivity contribution is -0.890. The Balaban J connectivity index is 1.87. The van der Waals surface area contributed by atoms with Gasteiger partial charge in [-0.3, -0.25) is 4.79 Å². The highest BCUT2D eigenvalue weighted by molar-refractivity contribution is 6.08. The molecule has 2 rings (SSSR count). The van der Waals surface area contributed by atoms with Crippen LogP contribution >= 0.6 is 0 Å². The first-order chi connectivity index (χ1) is 12.4. The monoisotopic (exact) mass is 352 g/mol. The number of hydrogen-bond donors (Lipinski definition) is 0. The molecular weight excluding hydrogens is 326 g/mol. The maximum Gasteiger partial charge on any atom is 0.330 e. The number of likely N-dealkylation sites (N-methyl/N-ethyl adjacent to an activating group) is 1. The van der Waals surface area contributed by atoms with Gasteiger partial charge in [-0.15, -0.1) is 0 Å². The summed E-state index contributed by atoms with van der Waals surface area (Å²) in [6.07, 6.45) is 2.07. The molecule has 0 atom stereocenters. The second kappa shape index (κ2) is 9.11. The van der Waals surface area contributed by atoms with E-state index in [0.717, 1.165) is 24.0 Å². The van der Waals surface area contributed by atoms with Gasteiger partial charge in [-0.1, -0.05) is 61.2 Å². The summed E-state index contributed by atoms with van der Waals surface area (Å²) in [5.41, 5.74) is 2.58. The van der Waals surface area contributed by atoms with Gasteiger partial charge in [0.15, 0.2) is 5.78 Å². The zero-order chi connectivity index (χ0) is 19.0. The van der Waals surface area contributed by atoms with E-state index in [9.17, 15) is 9.59 Å². The molecule has 0 aliphatic carbocycles. The molecule has 2 aromatic rings. The molecule has 0 amide bonds. The van der Waals surface area contributed by atoms with E-state index in [2.05, 4.69) is 20.7 Å². The minimum absolute atomic E-state index is 0.0392. The van der Waals surface area contributed by atoms with E-state index in [0.29, 0.717) is 17.7 Å². The van der Waals surface area contributed by atoms with Gasteiger partial charge in [0.1, 0.15) is 13.2 Å². The Morgan fingerprint density at radius 3 is 2.19 bits per heavy atom. The summed E-state index contributed by atoms with van der Waals surface area (Å²) in [7, 11) is 4.21. The Kier molecular flexibility index (Phi) is 6.87. The van der Waals surface area contributed by atoms with Gasteiger partial charge < -0.3 is 9.22 Å². The number of nitrogens with zero attached hydrogens (tertiary/aromatic N) is 1. The number of carbonyl (C=O) groups is 2. The molecule has 0 unspecified atom stereocenters. The van der Waals surface area contributed by atoms with Gasteiger partial charge in [-0.25, -0.2) is 4.79 Å². The van der Waals surface area contributed by atoms with Crippen LogP contribution in [0, 0.1) is 0 Å². The van der Waals surface area contributed by atoms with Crippen LogP contribution in [-0.2, 0) is 16.0 Å². The molecule has 4 nitrogen and oxygen atoms in total. The highest BCUT2D eigenvalue weighted by Gasteiger charge is 2.16. The van der Waals surface area contributed by atoms with E-state index in [-0.39, 0.29) is 11.8 Å². The van der Waals surface area contributed by atoms with Crippen molar-refractivity contribution in [2.24, 2.45) is 0 Å². The quantitative estimate of drug-likeness (QED) is 0.301. The van der Waals surface area contributed by atoms with Gasteiger partial charge in [0.2, 0.25) is 0 Å². The van der Waals surface area contributed by atoms with Gasteiger partial charge in [0.05, 0.1) is 20.6 Å². The van der Waals surface area contributed by atoms with Gasteiger partial charge in [-0.05, 0) is 5.56 Å². The van der Waals surface area contributed by atoms with Crippen LogP contribution in [0.4, 0.5) is 0 Å². The minimum atomic E-state index is -0.385. The summed E-state index contributed by atoms with van der Waals surface area (Å²) in [5, 5.41) is 0. The van der Waals surface area contributed by atoms with Crippen molar-refractivity contribution >= 4 is 11.8 Å². The molecule has 0 radical (unpaired) electrons. The van der Waals surface area contributed by atoms with E-state index in [1.165, 1.54) is 11.6 Å². The number of ether oxygens (including phenoxy) is 1. The Morgan fingerprint density at radius 2 is 1.58 bits per heavy atom. The molecule has 136 valence electrons. The number of quaternary nitrogens is 1. The van der Waals surface area contributed by atoms with Crippen molar-refractivity contribution in [1.82, 2.24) is 0 Å². The summed E-state index contributed by atoms with van der Waals surface area (Å²) in [6, 6.07) is 17.1. The van der Waals surface area contributed by atoms with Crippen LogP contribution in [0.25, 0.3) is 0 Å². The summed E-state index contributed by atoms with van der Waals surface area (Å²) in [5.74, 6) is -0.346. The summed E-state index contributed by atoms with van der Waals surface area (Å²) >= 11 is 0. The van der Waals surface area contributed by atoms with Crippen molar-refractivity contribution in [3.63, 3.8) is 0 Å². The fourth-order valence-electron chi connectivity index (χ4n) is 2.57. The molecule has 0 bridgehead atoms. The second-order valence-corrected chi connectivity index (χ2v) is 6.90. The van der Waals surface area contributed by atoms with Crippen molar-refractivity contribution in [3.8, 4) is 0 Å². The zero-order valence-electron chi connectivity index (χ0n) is 15.5. The molecule has 26 heavy (non-hydrogen) atoms. The molecule has 0 heterocycles. The lowest BCUT2D eigenvalue weighted by Crippen LogP contribution is -2.44. The SMILES string of the molecule is C=CC(=O)OCC[N+](C)(C)CCc1ccc(C(=O)c2ccccc2)cc1. The number of hydrogen-bond acceptors (Lipinski definition) is 3. The fraction of sp³-hybridized carbons (Fsp3) is 0.273. The van der Waals surface area contributed by atoms with E-state index in [1.807, 2.05) is 54.6 Å². The van der Waals surface area contributed by atoms with Crippen LogP contribution in [0.2, 0.25) is 0 Å². The Hall–Kier alpha value is -2.72. The fourth-order valence-corrected chi connectivity index (χ4v) is 2.57. The molecule has 0 saturated heterocycles. The van der Waals surface area contributed by atoms with Crippen molar-refractivity contribution < 1.29 is 18.8 Å². The number of ketones is 1. The predicted molar refractivity (Wildman–Crippen MR) is 103 cm³/mol. The van der Waals surface area contributed by atoms with Crippen molar-refractivity contribution in [3.05, 3.63) is 83.9 Å². The standard InChI is InChI=1S/C22H26NO3/c1-4-21(24)26-17-16-23(2,3)15-14-18-10-12-20(13-11-18)22(25)19-8-6-5-7-9-19/h4-13H,1,14-17H2,2-3H3/q+1. The summed E-state index contributed by atoms with van der Waals surface area (Å²) < 4.78 is 5.80. The van der Waals surface area contributed by atoms with Crippen LogP contribution in [-0.4, -0.2) is 50.0 Å². The van der Waals surface area contributed by atoms with Gasteiger partial charge in [0, 0.05) is 23.6 Å². The highest BCUT2D eigenvalue weighted by atomic mass is 16.5. The molecular formula is C22H26NO3+. The normalized spacial score (nSPS) is 11.0. The molecule has 0 aliphatic rings. The minimum Gasteiger partial charge on any atom is -0.457 e. The topological polar surface area (TPSA) is 43.4 Å². The molecule has 0 fully saturated rings. The van der Waals surface area contributed by atoms with E-state index < -0.39 is 0 Å². The smallest absolute Gasteiger partial charge is 0.330 e. The van der Waals surface area contributed by atoms with Crippen molar-refractivity contribution in [2.45, 2.75) is 6.42 Å². The molecule has 4 heteroatoms. The van der Waals surface area contributed by atoms with Crippen LogP contribution < -0.4 is 0 Å². The summed E-state index contributed by atoms with van der Waals surface area (Å²) in [6.45, 7) is 5.42. The Labute approximate surface area is 155 Å². The highest BCUT2D eigenvalue weighted by Crippen LogP contribution is 2.12. The maximum absolute atomic E-state index is 12.4. The van der Waals surface area contributed by atoms with Gasteiger partial charge in [0.25, 0.3) is 0 Å². The maximum atomic E-state index is 12.4. The Bertz CT molecular complexity index is 749. The lowest BCUT2D eigenvalue weighted by Gasteiger charge is -2.29. The number of rotatable bonds is 9. The zero-order valence-corrected chi connectivity index (χ0v) is 15.5. The first-order valence-electron chi connectivity index (χ1n) is 8.71. The van der Waals surface area contributed by atoms with Gasteiger partial charge >= 0.3 is 5.97 Å². The largest absolute Gasteiger partial charge is 0.457 e.